The number of fused-ring (bicyclic) bond motifs is 3. The molecule has 0 amide bonds. The van der Waals surface area contributed by atoms with Crippen LogP contribution in [0.15, 0.2) is 121 Å². The van der Waals surface area contributed by atoms with Crippen LogP contribution in [-0.4, -0.2) is 6.21 Å². The highest BCUT2D eigenvalue weighted by molar-refractivity contribution is 6.26. The second kappa shape index (κ2) is 11.8. The first-order valence-corrected chi connectivity index (χ1v) is 12.4. The van der Waals surface area contributed by atoms with Crippen LogP contribution in [0.4, 0.5) is 0 Å². The average molecular weight is 479 g/mol. The van der Waals surface area contributed by atoms with Gasteiger partial charge in [-0.25, -0.2) is 0 Å². The van der Waals surface area contributed by atoms with Crippen molar-refractivity contribution in [3.05, 3.63) is 127 Å². The number of nitriles is 1. The Morgan fingerprint density at radius 3 is 1.89 bits per heavy atom. The van der Waals surface area contributed by atoms with Crippen LogP contribution in [0.1, 0.15) is 25.8 Å². The van der Waals surface area contributed by atoms with Crippen molar-refractivity contribution < 1.29 is 0 Å². The maximum absolute atomic E-state index is 8.29. The standard InChI is InChI=1S/C33H27N.C2H3N/c1-3-4-12-23(2)21-25(22-34)32-28-16-7-9-18-30(28)33(31-19-10-8-17-29(31)32)27-20-11-14-24-13-5-6-15-26(24)27;1-2-3/h3-11,13-22,34H,2,12H2,1H3;1H3/b4-3-,25-21+,34-22?;. The Balaban J connectivity index is 0.00000102. The maximum atomic E-state index is 8.29. The third-order valence-corrected chi connectivity index (χ3v) is 6.41. The van der Waals surface area contributed by atoms with Crippen molar-refractivity contribution >= 4 is 44.1 Å². The van der Waals surface area contributed by atoms with Gasteiger partial charge in [-0.3, -0.25) is 0 Å². The molecule has 2 heteroatoms. The molecule has 5 aromatic rings. The van der Waals surface area contributed by atoms with Crippen LogP contribution in [0.25, 0.3) is 49.0 Å². The van der Waals surface area contributed by atoms with Gasteiger partial charge in [-0.2, -0.15) is 5.26 Å². The smallest absolute Gasteiger partial charge is 0.0587 e. The predicted octanol–water partition coefficient (Wildman–Crippen LogP) is 9.90. The fourth-order valence-electron chi connectivity index (χ4n) is 4.91. The third-order valence-electron chi connectivity index (χ3n) is 6.41. The summed E-state index contributed by atoms with van der Waals surface area (Å²) in [5, 5.41) is 22.8. The molecule has 0 aromatic heterocycles. The zero-order valence-corrected chi connectivity index (χ0v) is 21.3. The second-order valence-corrected chi connectivity index (χ2v) is 8.77. The normalized spacial score (nSPS) is 11.3. The van der Waals surface area contributed by atoms with Gasteiger partial charge in [0.05, 0.1) is 6.07 Å². The lowest BCUT2D eigenvalue weighted by molar-refractivity contribution is 1.29. The van der Waals surface area contributed by atoms with Crippen LogP contribution in [0.3, 0.4) is 0 Å². The van der Waals surface area contributed by atoms with Crippen LogP contribution < -0.4 is 0 Å². The van der Waals surface area contributed by atoms with Gasteiger partial charge in [0.1, 0.15) is 0 Å². The molecule has 0 aliphatic carbocycles. The molecule has 0 atom stereocenters. The van der Waals surface area contributed by atoms with Crippen LogP contribution in [-0.2, 0) is 0 Å². The molecule has 0 saturated carbocycles. The second-order valence-electron chi connectivity index (χ2n) is 8.77. The molecule has 0 aliphatic heterocycles. The minimum atomic E-state index is 0.776. The number of hydrogen-bond donors (Lipinski definition) is 1. The highest BCUT2D eigenvalue weighted by atomic mass is 14.3. The Labute approximate surface area is 219 Å². The fourth-order valence-corrected chi connectivity index (χ4v) is 4.91. The molecule has 2 nitrogen and oxygen atoms in total. The van der Waals surface area contributed by atoms with Crippen molar-refractivity contribution in [1.82, 2.24) is 0 Å². The van der Waals surface area contributed by atoms with Crippen LogP contribution in [0, 0.1) is 16.7 Å². The SMILES string of the molecule is C=C(/C=C(\C=N)c1c2ccccc2c(-c2cccc3ccccc23)c2ccccc12)C/C=C\C.CC#N. The van der Waals surface area contributed by atoms with E-state index in [0.29, 0.717) is 0 Å². The third kappa shape index (κ3) is 5.13. The molecule has 0 unspecified atom stereocenters. The van der Waals surface area contributed by atoms with E-state index in [2.05, 4.69) is 110 Å². The quantitative estimate of drug-likeness (QED) is 0.112. The first kappa shape index (κ1) is 25.4. The van der Waals surface area contributed by atoms with Gasteiger partial charge in [-0.1, -0.05) is 115 Å². The Hall–Kier alpha value is -4.74. The molecule has 0 radical (unpaired) electrons. The minimum absolute atomic E-state index is 0.776. The Bertz CT molecular complexity index is 1650. The summed E-state index contributed by atoms with van der Waals surface area (Å²) in [5.41, 5.74) is 5.43. The molecule has 1 N–H and O–H groups in total. The van der Waals surface area contributed by atoms with Gasteiger partial charge in [0.15, 0.2) is 0 Å². The summed E-state index contributed by atoms with van der Waals surface area (Å²) in [7, 11) is 0. The number of nitrogens with one attached hydrogen (secondary N) is 1. The van der Waals surface area contributed by atoms with Crippen molar-refractivity contribution in [3.8, 4) is 17.2 Å². The summed E-state index contributed by atoms with van der Waals surface area (Å²) in [4.78, 5) is 0. The molecule has 37 heavy (non-hydrogen) atoms. The largest absolute Gasteiger partial charge is 0.308 e. The zero-order valence-electron chi connectivity index (χ0n) is 21.3. The fraction of sp³-hybridized carbons (Fsp3) is 0.0857. The molecule has 0 saturated heterocycles. The van der Waals surface area contributed by atoms with Crippen LogP contribution in [0.5, 0.6) is 0 Å². The van der Waals surface area contributed by atoms with Gasteiger partial charge in [0, 0.05) is 18.7 Å². The van der Waals surface area contributed by atoms with Crippen molar-refractivity contribution in [3.63, 3.8) is 0 Å². The molecule has 0 spiro atoms. The number of benzene rings is 5. The molecule has 5 aromatic carbocycles. The van der Waals surface area contributed by atoms with E-state index >= 15 is 0 Å². The maximum Gasteiger partial charge on any atom is 0.0587 e. The van der Waals surface area contributed by atoms with E-state index < -0.39 is 0 Å². The van der Waals surface area contributed by atoms with E-state index in [0.717, 1.165) is 33.9 Å². The Morgan fingerprint density at radius 2 is 1.32 bits per heavy atom. The van der Waals surface area contributed by atoms with Gasteiger partial charge in [0.2, 0.25) is 0 Å². The van der Waals surface area contributed by atoms with E-state index in [9.17, 15) is 0 Å². The van der Waals surface area contributed by atoms with Crippen LogP contribution >= 0.6 is 0 Å². The summed E-state index contributed by atoms with van der Waals surface area (Å²) < 4.78 is 0. The number of hydrogen-bond acceptors (Lipinski definition) is 2. The first-order valence-electron chi connectivity index (χ1n) is 12.4. The van der Waals surface area contributed by atoms with Gasteiger partial charge >= 0.3 is 0 Å². The van der Waals surface area contributed by atoms with E-state index in [1.165, 1.54) is 45.8 Å². The van der Waals surface area contributed by atoms with Gasteiger partial charge in [0.25, 0.3) is 0 Å². The van der Waals surface area contributed by atoms with Crippen LogP contribution in [0.2, 0.25) is 0 Å². The predicted molar refractivity (Wildman–Crippen MR) is 161 cm³/mol. The van der Waals surface area contributed by atoms with Gasteiger partial charge < -0.3 is 5.41 Å². The number of nitrogens with zero attached hydrogens (tertiary/aromatic N) is 1. The van der Waals surface area contributed by atoms with E-state index in [1.807, 2.05) is 13.0 Å². The van der Waals surface area contributed by atoms with E-state index in [1.54, 1.807) is 6.07 Å². The highest BCUT2D eigenvalue weighted by Gasteiger charge is 2.18. The van der Waals surface area contributed by atoms with E-state index in [-0.39, 0.29) is 0 Å². The molecular formula is C35H30N2. The molecule has 0 bridgehead atoms. The van der Waals surface area contributed by atoms with Crippen molar-refractivity contribution in [1.29, 1.82) is 10.7 Å². The van der Waals surface area contributed by atoms with Crippen molar-refractivity contribution in [2.45, 2.75) is 20.3 Å². The zero-order chi connectivity index (χ0) is 26.2. The van der Waals surface area contributed by atoms with Crippen molar-refractivity contribution in [2.75, 3.05) is 0 Å². The van der Waals surface area contributed by atoms with E-state index in [4.69, 9.17) is 10.7 Å². The lowest BCUT2D eigenvalue weighted by Gasteiger charge is -2.19. The molecule has 0 heterocycles. The number of rotatable bonds is 6. The molecule has 180 valence electrons. The summed E-state index contributed by atoms with van der Waals surface area (Å²) in [6, 6.07) is 34.0. The highest BCUT2D eigenvalue weighted by Crippen LogP contribution is 2.43. The van der Waals surface area contributed by atoms with Gasteiger partial charge in [-0.15, -0.1) is 0 Å². The average Bonchev–Trinajstić information content (AvgIpc) is 2.94. The topological polar surface area (TPSA) is 47.6 Å². The lowest BCUT2D eigenvalue weighted by Crippen LogP contribution is -1.95. The Kier molecular flexibility index (Phi) is 8.08. The molecule has 5 rings (SSSR count). The monoisotopic (exact) mass is 478 g/mol. The lowest BCUT2D eigenvalue weighted by atomic mass is 9.84. The van der Waals surface area contributed by atoms with Crippen molar-refractivity contribution in [2.24, 2.45) is 0 Å². The van der Waals surface area contributed by atoms with Gasteiger partial charge in [-0.05, 0) is 68.4 Å². The number of allylic oxidation sites excluding steroid dienone is 5. The first-order chi connectivity index (χ1) is 18.1. The minimum Gasteiger partial charge on any atom is -0.308 e. The Morgan fingerprint density at radius 1 is 0.811 bits per heavy atom. The molecule has 0 aliphatic rings. The molecular weight excluding hydrogens is 448 g/mol. The molecule has 0 fully saturated rings. The summed E-state index contributed by atoms with van der Waals surface area (Å²) >= 11 is 0. The summed E-state index contributed by atoms with van der Waals surface area (Å²) in [6.07, 6.45) is 8.43. The summed E-state index contributed by atoms with van der Waals surface area (Å²) in [6.45, 7) is 7.68. The summed E-state index contributed by atoms with van der Waals surface area (Å²) in [5.74, 6) is 0.